The molecule has 0 saturated carbocycles. The molecule has 128 valence electrons. The van der Waals surface area contributed by atoms with Crippen molar-refractivity contribution in [3.63, 3.8) is 0 Å². The third-order valence-electron chi connectivity index (χ3n) is 4.23. The summed E-state index contributed by atoms with van der Waals surface area (Å²) in [5.74, 6) is -0.259. The van der Waals surface area contributed by atoms with E-state index in [2.05, 4.69) is 33.0 Å². The highest BCUT2D eigenvalue weighted by Gasteiger charge is 2.15. The Bertz CT molecular complexity index is 1090. The largest absolute Gasteiger partial charge is 0.405 e. The molecule has 0 aliphatic carbocycles. The lowest BCUT2D eigenvalue weighted by Gasteiger charge is -2.06. The van der Waals surface area contributed by atoms with Gasteiger partial charge in [-0.3, -0.25) is 4.79 Å². The normalized spacial score (nSPS) is 11.0. The highest BCUT2D eigenvalue weighted by molar-refractivity contribution is 9.10. The first-order valence-electron chi connectivity index (χ1n) is 8.27. The van der Waals surface area contributed by atoms with Crippen molar-refractivity contribution in [3.8, 4) is 0 Å². The number of aromatic nitrogens is 2. The van der Waals surface area contributed by atoms with Crippen LogP contribution in [0.15, 0.2) is 77.5 Å². The van der Waals surface area contributed by atoms with Crippen LogP contribution in [0, 0.1) is 0 Å². The Morgan fingerprint density at radius 3 is 2.62 bits per heavy atom. The summed E-state index contributed by atoms with van der Waals surface area (Å²) in [5.41, 5.74) is 2.78. The van der Waals surface area contributed by atoms with E-state index in [1.807, 2.05) is 59.3 Å². The van der Waals surface area contributed by atoms with Gasteiger partial charge in [-0.05, 0) is 35.9 Å². The minimum atomic E-state index is -0.259. The van der Waals surface area contributed by atoms with Gasteiger partial charge in [0.2, 0.25) is 5.52 Å². The number of benzene rings is 2. The monoisotopic (exact) mass is 407 g/mol. The number of hydrogen-bond donors (Lipinski definition) is 0. The van der Waals surface area contributed by atoms with Gasteiger partial charge in [-0.25, -0.2) is 4.98 Å². The van der Waals surface area contributed by atoms with Crippen molar-refractivity contribution in [1.82, 2.24) is 4.98 Å². The predicted octanol–water partition coefficient (Wildman–Crippen LogP) is 4.18. The quantitative estimate of drug-likeness (QED) is 0.289. The van der Waals surface area contributed by atoms with E-state index >= 15 is 0 Å². The van der Waals surface area contributed by atoms with Gasteiger partial charge in [-0.2, -0.15) is 4.57 Å². The van der Waals surface area contributed by atoms with Gasteiger partial charge < -0.3 is 4.74 Å². The first kappa shape index (κ1) is 16.7. The maximum absolute atomic E-state index is 12.2. The molecule has 0 aliphatic heterocycles. The first-order chi connectivity index (χ1) is 12.7. The minimum absolute atomic E-state index is 0.155. The van der Waals surface area contributed by atoms with Crippen LogP contribution in [0.3, 0.4) is 0 Å². The molecule has 2 heterocycles. The van der Waals surface area contributed by atoms with Crippen molar-refractivity contribution in [2.24, 2.45) is 0 Å². The number of carbonyl (C=O) groups is 1. The molecule has 2 aromatic carbocycles. The zero-order chi connectivity index (χ0) is 17.9. The molecule has 0 bridgehead atoms. The van der Waals surface area contributed by atoms with Crippen LogP contribution in [0.25, 0.3) is 21.8 Å². The molecule has 0 radical (unpaired) electrons. The zero-order valence-corrected chi connectivity index (χ0v) is 15.5. The predicted molar refractivity (Wildman–Crippen MR) is 103 cm³/mol. The Kier molecular flexibility index (Phi) is 4.63. The Labute approximate surface area is 159 Å². The van der Waals surface area contributed by atoms with Crippen molar-refractivity contribution in [3.05, 3.63) is 83.1 Å². The van der Waals surface area contributed by atoms with Crippen LogP contribution in [0.1, 0.15) is 5.56 Å². The van der Waals surface area contributed by atoms with Crippen LogP contribution in [-0.2, 0) is 22.7 Å². The third kappa shape index (κ3) is 3.44. The van der Waals surface area contributed by atoms with Crippen LogP contribution in [-0.4, -0.2) is 11.0 Å². The second kappa shape index (κ2) is 7.22. The van der Waals surface area contributed by atoms with Gasteiger partial charge in [0.25, 0.3) is 6.73 Å². The molecule has 4 nitrogen and oxygen atoms in total. The molecule has 2 aromatic heterocycles. The number of hydrogen-bond acceptors (Lipinski definition) is 3. The molecule has 0 fully saturated rings. The summed E-state index contributed by atoms with van der Waals surface area (Å²) in [6.07, 6.45) is 3.93. The number of esters is 1. The number of carbonyl (C=O) groups excluding carboxylic acids is 1. The molecule has 4 rings (SSSR count). The van der Waals surface area contributed by atoms with E-state index in [0.29, 0.717) is 0 Å². The lowest BCUT2D eigenvalue weighted by molar-refractivity contribution is -0.703. The lowest BCUT2D eigenvalue weighted by atomic mass is 10.1. The summed E-state index contributed by atoms with van der Waals surface area (Å²) in [7, 11) is 0. The SMILES string of the molecule is O=C(Cc1ccc(Br)cc1)OC[n+]1cccc2ccc3cccnc3c21. The van der Waals surface area contributed by atoms with Crippen molar-refractivity contribution >= 4 is 43.7 Å². The number of rotatable bonds is 4. The number of pyridine rings is 2. The van der Waals surface area contributed by atoms with E-state index in [-0.39, 0.29) is 19.1 Å². The summed E-state index contributed by atoms with van der Waals surface area (Å²) in [6, 6.07) is 19.7. The molecular weight excluding hydrogens is 392 g/mol. The minimum Gasteiger partial charge on any atom is -0.405 e. The summed E-state index contributed by atoms with van der Waals surface area (Å²) < 4.78 is 8.41. The maximum Gasteiger partial charge on any atom is 0.315 e. The van der Waals surface area contributed by atoms with Crippen molar-refractivity contribution in [1.29, 1.82) is 0 Å². The van der Waals surface area contributed by atoms with E-state index in [4.69, 9.17) is 4.74 Å². The Balaban J connectivity index is 1.58. The second-order valence-electron chi connectivity index (χ2n) is 6.01. The summed E-state index contributed by atoms with van der Waals surface area (Å²) >= 11 is 3.39. The van der Waals surface area contributed by atoms with Gasteiger partial charge in [-0.1, -0.05) is 40.2 Å². The van der Waals surface area contributed by atoms with Crippen LogP contribution in [0.4, 0.5) is 0 Å². The van der Waals surface area contributed by atoms with E-state index in [1.165, 1.54) is 0 Å². The van der Waals surface area contributed by atoms with Crippen LogP contribution in [0.2, 0.25) is 0 Å². The molecule has 0 aliphatic rings. The number of halogens is 1. The molecule has 26 heavy (non-hydrogen) atoms. The Morgan fingerprint density at radius 1 is 1.00 bits per heavy atom. The second-order valence-corrected chi connectivity index (χ2v) is 6.92. The molecule has 0 saturated heterocycles. The fourth-order valence-electron chi connectivity index (χ4n) is 2.98. The zero-order valence-electron chi connectivity index (χ0n) is 13.9. The molecule has 0 amide bonds. The Hall–Kier alpha value is -2.79. The van der Waals surface area contributed by atoms with Gasteiger partial charge >= 0.3 is 5.97 Å². The number of ether oxygens (including phenoxy) is 1. The van der Waals surface area contributed by atoms with Crippen LogP contribution in [0.5, 0.6) is 0 Å². The van der Waals surface area contributed by atoms with E-state index in [0.717, 1.165) is 31.8 Å². The highest BCUT2D eigenvalue weighted by Crippen LogP contribution is 2.20. The molecule has 0 atom stereocenters. The Morgan fingerprint density at radius 2 is 1.77 bits per heavy atom. The van der Waals surface area contributed by atoms with E-state index < -0.39 is 0 Å². The average molecular weight is 408 g/mol. The standard InChI is InChI=1S/C21H16BrN2O2/c22-18-9-5-15(6-10-18)13-19(25)26-14-24-12-2-4-17-8-7-16-3-1-11-23-20(16)21(17)24/h1-12H,13-14H2/q+1. The summed E-state index contributed by atoms with van der Waals surface area (Å²) in [5, 5.41) is 2.11. The van der Waals surface area contributed by atoms with Gasteiger partial charge in [0.05, 0.1) is 6.42 Å². The van der Waals surface area contributed by atoms with Gasteiger partial charge in [0.15, 0.2) is 6.20 Å². The number of fused-ring (bicyclic) bond motifs is 3. The van der Waals surface area contributed by atoms with Crippen LogP contribution >= 0.6 is 15.9 Å². The molecule has 4 aromatic rings. The van der Waals surface area contributed by atoms with Gasteiger partial charge in [-0.15, -0.1) is 0 Å². The first-order valence-corrected chi connectivity index (χ1v) is 9.06. The molecule has 0 N–H and O–H groups in total. The van der Waals surface area contributed by atoms with Gasteiger partial charge in [0.1, 0.15) is 5.52 Å². The highest BCUT2D eigenvalue weighted by atomic mass is 79.9. The lowest BCUT2D eigenvalue weighted by Crippen LogP contribution is -2.37. The van der Waals surface area contributed by atoms with Crippen LogP contribution < -0.4 is 4.57 Å². The smallest absolute Gasteiger partial charge is 0.315 e. The number of nitrogens with zero attached hydrogens (tertiary/aromatic N) is 2. The third-order valence-corrected chi connectivity index (χ3v) is 4.76. The van der Waals surface area contributed by atoms with Crippen molar-refractivity contribution < 1.29 is 14.1 Å². The van der Waals surface area contributed by atoms with Crippen molar-refractivity contribution in [2.45, 2.75) is 13.2 Å². The summed E-state index contributed by atoms with van der Waals surface area (Å²) in [6.45, 7) is 0.155. The molecule has 0 spiro atoms. The van der Waals surface area contributed by atoms with E-state index in [1.54, 1.807) is 6.20 Å². The topological polar surface area (TPSA) is 43.1 Å². The molecule has 5 heteroatoms. The average Bonchev–Trinajstić information content (AvgIpc) is 2.68. The maximum atomic E-state index is 12.2. The fraction of sp³-hybridized carbons (Fsp3) is 0.0952. The molecular formula is C21H16BrN2O2+. The fourth-order valence-corrected chi connectivity index (χ4v) is 3.24. The van der Waals surface area contributed by atoms with Gasteiger partial charge in [0, 0.05) is 27.5 Å². The molecule has 0 unspecified atom stereocenters. The van der Waals surface area contributed by atoms with Crippen molar-refractivity contribution in [2.75, 3.05) is 0 Å². The van der Waals surface area contributed by atoms with E-state index in [9.17, 15) is 4.79 Å². The summed E-state index contributed by atoms with van der Waals surface area (Å²) in [4.78, 5) is 16.7.